The zero-order chi connectivity index (χ0) is 12.7. The van der Waals surface area contributed by atoms with E-state index < -0.39 is 5.76 Å². The van der Waals surface area contributed by atoms with Crippen molar-refractivity contribution in [3.05, 3.63) is 24.3 Å². The molecule has 0 atom stereocenters. The first-order chi connectivity index (χ1) is 8.13. The van der Waals surface area contributed by atoms with Gasteiger partial charge in [-0.1, -0.05) is 23.9 Å². The maximum atomic E-state index is 12.3. The number of carbonyl (C=O) groups is 1. The molecule has 0 saturated heterocycles. The number of esters is 1. The van der Waals surface area contributed by atoms with E-state index in [-0.39, 0.29) is 12.4 Å². The fraction of sp³-hybridized carbons (Fsp3) is 0.364. The van der Waals surface area contributed by atoms with Crippen molar-refractivity contribution >= 4 is 23.4 Å². The van der Waals surface area contributed by atoms with Crippen molar-refractivity contribution in [2.45, 2.75) is 17.1 Å². The number of halogens is 2. The zero-order valence-corrected chi connectivity index (χ0v) is 10.1. The van der Waals surface area contributed by atoms with Crippen LogP contribution in [0.2, 0.25) is 0 Å². The average molecular weight is 261 g/mol. The monoisotopic (exact) mass is 261 g/mol. The standard InChI is InChI=1S/C11H13F2NO2S/c1-16-10(15)6-7-14-8-4-2-3-5-9(8)17-11(12)13/h2-5,11,14H,6-7H2,1H3. The molecular weight excluding hydrogens is 248 g/mol. The number of carbonyl (C=O) groups excluding carboxylic acids is 1. The first kappa shape index (κ1) is 13.8. The lowest BCUT2D eigenvalue weighted by Crippen LogP contribution is -2.10. The van der Waals surface area contributed by atoms with Gasteiger partial charge in [0.2, 0.25) is 0 Å². The molecule has 0 aromatic heterocycles. The van der Waals surface area contributed by atoms with Crippen molar-refractivity contribution in [1.29, 1.82) is 0 Å². The van der Waals surface area contributed by atoms with Crippen molar-refractivity contribution in [1.82, 2.24) is 0 Å². The quantitative estimate of drug-likeness (QED) is 0.631. The molecule has 0 fully saturated rings. The van der Waals surface area contributed by atoms with Crippen LogP contribution in [0, 0.1) is 0 Å². The summed E-state index contributed by atoms with van der Waals surface area (Å²) in [5.74, 6) is -2.80. The Bertz CT molecular complexity index is 374. The number of hydrogen-bond acceptors (Lipinski definition) is 4. The number of rotatable bonds is 6. The fourth-order valence-corrected chi connectivity index (χ4v) is 1.83. The minimum absolute atomic E-state index is 0.199. The van der Waals surface area contributed by atoms with Gasteiger partial charge >= 0.3 is 5.97 Å². The predicted octanol–water partition coefficient (Wildman–Crippen LogP) is 2.98. The predicted molar refractivity (Wildman–Crippen MR) is 63.4 cm³/mol. The van der Waals surface area contributed by atoms with E-state index in [9.17, 15) is 13.6 Å². The lowest BCUT2D eigenvalue weighted by atomic mass is 10.3. The normalized spacial score (nSPS) is 10.4. The number of benzene rings is 1. The molecule has 0 saturated carbocycles. The molecule has 0 amide bonds. The lowest BCUT2D eigenvalue weighted by molar-refractivity contribution is -0.140. The van der Waals surface area contributed by atoms with Gasteiger partial charge in [0, 0.05) is 17.1 Å². The summed E-state index contributed by atoms with van der Waals surface area (Å²) in [5.41, 5.74) is 0.599. The topological polar surface area (TPSA) is 38.3 Å². The molecular formula is C11H13F2NO2S. The van der Waals surface area contributed by atoms with Gasteiger partial charge in [-0.2, -0.15) is 8.78 Å². The van der Waals surface area contributed by atoms with Gasteiger partial charge in [0.15, 0.2) is 0 Å². The molecule has 0 bridgehead atoms. The van der Waals surface area contributed by atoms with Crippen LogP contribution in [-0.4, -0.2) is 25.4 Å². The Morgan fingerprint density at radius 1 is 1.47 bits per heavy atom. The Labute approximate surface area is 103 Å². The van der Waals surface area contributed by atoms with E-state index in [4.69, 9.17) is 0 Å². The summed E-state index contributed by atoms with van der Waals surface area (Å²) in [5, 5.41) is 2.93. The third-order valence-electron chi connectivity index (χ3n) is 1.98. The van der Waals surface area contributed by atoms with Gasteiger partial charge in [0.05, 0.1) is 13.5 Å². The number of ether oxygens (including phenoxy) is 1. The second kappa shape index (κ2) is 7.11. The summed E-state index contributed by atoms with van der Waals surface area (Å²) in [6.45, 7) is 0.355. The highest BCUT2D eigenvalue weighted by Gasteiger charge is 2.09. The van der Waals surface area contributed by atoms with E-state index in [1.807, 2.05) is 0 Å². The van der Waals surface area contributed by atoms with E-state index >= 15 is 0 Å². The number of anilines is 1. The third kappa shape index (κ3) is 5.04. The minimum atomic E-state index is -2.46. The van der Waals surface area contributed by atoms with Crippen LogP contribution in [-0.2, 0) is 9.53 Å². The summed E-state index contributed by atoms with van der Waals surface area (Å²) in [6.07, 6.45) is 0.199. The van der Waals surface area contributed by atoms with Crippen LogP contribution >= 0.6 is 11.8 Å². The Morgan fingerprint density at radius 3 is 2.82 bits per heavy atom. The third-order valence-corrected chi connectivity index (χ3v) is 2.76. The second-order valence-electron chi connectivity index (χ2n) is 3.13. The van der Waals surface area contributed by atoms with Crippen molar-refractivity contribution in [3.8, 4) is 0 Å². The van der Waals surface area contributed by atoms with Gasteiger partial charge in [-0.25, -0.2) is 0 Å². The van der Waals surface area contributed by atoms with Crippen LogP contribution in [0.15, 0.2) is 29.2 Å². The van der Waals surface area contributed by atoms with Crippen LogP contribution in [0.1, 0.15) is 6.42 Å². The molecule has 6 heteroatoms. The van der Waals surface area contributed by atoms with E-state index in [1.165, 1.54) is 7.11 Å². The smallest absolute Gasteiger partial charge is 0.307 e. The van der Waals surface area contributed by atoms with Crippen molar-refractivity contribution in [3.63, 3.8) is 0 Å². The van der Waals surface area contributed by atoms with Crippen LogP contribution in [0.5, 0.6) is 0 Å². The average Bonchev–Trinajstić information content (AvgIpc) is 2.30. The Hall–Kier alpha value is -1.30. The van der Waals surface area contributed by atoms with Gasteiger partial charge in [-0.05, 0) is 12.1 Å². The molecule has 1 N–H and O–H groups in total. The van der Waals surface area contributed by atoms with Crippen molar-refractivity contribution < 1.29 is 18.3 Å². The lowest BCUT2D eigenvalue weighted by Gasteiger charge is -2.10. The summed E-state index contributed by atoms with van der Waals surface area (Å²) >= 11 is 0.478. The maximum absolute atomic E-state index is 12.3. The van der Waals surface area contributed by atoms with E-state index in [0.717, 1.165) is 0 Å². The number of alkyl halides is 2. The highest BCUT2D eigenvalue weighted by Crippen LogP contribution is 2.31. The number of nitrogens with one attached hydrogen (secondary N) is 1. The minimum Gasteiger partial charge on any atom is -0.469 e. The number of hydrogen-bond donors (Lipinski definition) is 1. The second-order valence-corrected chi connectivity index (χ2v) is 4.16. The van der Waals surface area contributed by atoms with E-state index in [2.05, 4.69) is 10.1 Å². The Balaban J connectivity index is 2.54. The summed E-state index contributed by atoms with van der Waals surface area (Å²) in [6, 6.07) is 6.74. The molecule has 1 aromatic rings. The first-order valence-electron chi connectivity index (χ1n) is 4.98. The van der Waals surface area contributed by atoms with Crippen LogP contribution in [0.4, 0.5) is 14.5 Å². The SMILES string of the molecule is COC(=O)CCNc1ccccc1SC(F)F. The first-order valence-corrected chi connectivity index (χ1v) is 5.86. The number of thioether (sulfide) groups is 1. The Morgan fingerprint density at radius 2 is 2.18 bits per heavy atom. The number of methoxy groups -OCH3 is 1. The molecule has 1 rings (SSSR count). The van der Waals surface area contributed by atoms with Gasteiger partial charge in [0.25, 0.3) is 5.76 Å². The highest BCUT2D eigenvalue weighted by atomic mass is 32.2. The summed E-state index contributed by atoms with van der Waals surface area (Å²) < 4.78 is 29.0. The molecule has 3 nitrogen and oxygen atoms in total. The molecule has 0 aliphatic carbocycles. The van der Waals surface area contributed by atoms with E-state index in [1.54, 1.807) is 24.3 Å². The molecule has 0 unspecified atom stereocenters. The van der Waals surface area contributed by atoms with Crippen LogP contribution < -0.4 is 5.32 Å². The maximum Gasteiger partial charge on any atom is 0.307 e. The molecule has 0 aliphatic heterocycles. The van der Waals surface area contributed by atoms with Gasteiger partial charge in [0.1, 0.15) is 0 Å². The van der Waals surface area contributed by atoms with Crippen LogP contribution in [0.3, 0.4) is 0 Å². The largest absolute Gasteiger partial charge is 0.469 e. The zero-order valence-electron chi connectivity index (χ0n) is 9.28. The molecule has 17 heavy (non-hydrogen) atoms. The molecule has 94 valence electrons. The van der Waals surface area contributed by atoms with Gasteiger partial charge in [-0.15, -0.1) is 0 Å². The molecule has 0 radical (unpaired) electrons. The van der Waals surface area contributed by atoms with E-state index in [0.29, 0.717) is 28.9 Å². The van der Waals surface area contributed by atoms with Gasteiger partial charge < -0.3 is 10.1 Å². The number of para-hydroxylation sites is 1. The summed E-state index contributed by atoms with van der Waals surface area (Å²) in [7, 11) is 1.31. The summed E-state index contributed by atoms with van der Waals surface area (Å²) in [4.78, 5) is 11.3. The molecule has 1 aromatic carbocycles. The van der Waals surface area contributed by atoms with Crippen molar-refractivity contribution in [2.75, 3.05) is 19.0 Å². The molecule has 0 spiro atoms. The fourth-order valence-electron chi connectivity index (χ4n) is 1.21. The molecule has 0 aliphatic rings. The highest BCUT2D eigenvalue weighted by molar-refractivity contribution is 7.99. The Kier molecular flexibility index (Phi) is 5.76. The van der Waals surface area contributed by atoms with Gasteiger partial charge in [-0.3, -0.25) is 4.79 Å². The molecule has 0 heterocycles. The van der Waals surface area contributed by atoms with Crippen LogP contribution in [0.25, 0.3) is 0 Å². The van der Waals surface area contributed by atoms with Crippen molar-refractivity contribution in [2.24, 2.45) is 0 Å².